The van der Waals surface area contributed by atoms with Crippen molar-refractivity contribution in [2.75, 3.05) is 33.1 Å². The zero-order valence-electron chi connectivity index (χ0n) is 18.4. The van der Waals surface area contributed by atoms with E-state index in [2.05, 4.69) is 5.32 Å². The smallest absolute Gasteiger partial charge is 0.333 e. The van der Waals surface area contributed by atoms with E-state index >= 15 is 0 Å². The molecule has 0 saturated carbocycles. The molecule has 1 unspecified atom stereocenters. The van der Waals surface area contributed by atoms with Crippen LogP contribution in [0, 0.1) is 5.92 Å². The number of ether oxygens (including phenoxy) is 1. The second-order valence-electron chi connectivity index (χ2n) is 8.06. The number of rotatable bonds is 8. The predicted octanol–water partition coefficient (Wildman–Crippen LogP) is 1.88. The number of thioether (sulfide) groups is 1. The van der Waals surface area contributed by atoms with E-state index in [-0.39, 0.29) is 47.1 Å². The lowest BCUT2D eigenvalue weighted by Crippen LogP contribution is -2.52. The highest BCUT2D eigenvalue weighted by Crippen LogP contribution is 2.38. The minimum absolute atomic E-state index is 0.0735. The van der Waals surface area contributed by atoms with Gasteiger partial charge in [0.1, 0.15) is 6.04 Å². The van der Waals surface area contributed by atoms with Crippen molar-refractivity contribution in [2.24, 2.45) is 5.92 Å². The molecule has 0 aromatic rings. The summed E-state index contributed by atoms with van der Waals surface area (Å²) in [6, 6.07) is -0.544. The minimum Gasteiger partial charge on any atom is -0.463 e. The van der Waals surface area contributed by atoms with Crippen LogP contribution in [0.1, 0.15) is 41.5 Å². The maximum atomic E-state index is 12.7. The quantitative estimate of drug-likeness (QED) is 0.484. The molecule has 28 heavy (non-hydrogen) atoms. The van der Waals surface area contributed by atoms with E-state index < -0.39 is 0 Å². The van der Waals surface area contributed by atoms with Gasteiger partial charge in [-0.2, -0.15) is 0 Å². The summed E-state index contributed by atoms with van der Waals surface area (Å²) in [4.78, 5) is 40.8. The van der Waals surface area contributed by atoms with Gasteiger partial charge >= 0.3 is 5.97 Å². The topological polar surface area (TPSA) is 79.0 Å². The van der Waals surface area contributed by atoms with Gasteiger partial charge in [0.2, 0.25) is 11.8 Å². The monoisotopic (exact) mass is 413 g/mol. The fourth-order valence-corrected chi connectivity index (χ4v) is 4.47. The van der Waals surface area contributed by atoms with Gasteiger partial charge in [0.15, 0.2) is 0 Å². The highest BCUT2D eigenvalue weighted by molar-refractivity contribution is 8.00. The van der Waals surface area contributed by atoms with Crippen molar-refractivity contribution in [2.45, 2.75) is 58.4 Å². The highest BCUT2D eigenvalue weighted by Gasteiger charge is 2.44. The molecule has 1 fully saturated rings. The lowest BCUT2D eigenvalue weighted by Gasteiger charge is -2.31. The predicted molar refractivity (Wildman–Crippen MR) is 113 cm³/mol. The van der Waals surface area contributed by atoms with Gasteiger partial charge in [-0.1, -0.05) is 19.9 Å². The SMILES string of the molecule is CCOC(=O)/C(C)=C/[C@H](C(C)C)N(C)C(=O)CNC(=O)C1N(C)CSC1(C)C. The molecule has 1 rings (SSSR count). The van der Waals surface area contributed by atoms with Crippen LogP contribution in [0.2, 0.25) is 0 Å². The molecule has 1 N–H and O–H groups in total. The van der Waals surface area contributed by atoms with Gasteiger partial charge < -0.3 is 15.0 Å². The minimum atomic E-state index is -0.383. The molecule has 0 aliphatic carbocycles. The summed E-state index contributed by atoms with van der Waals surface area (Å²) in [5.74, 6) is 0.160. The zero-order valence-corrected chi connectivity index (χ0v) is 19.2. The fraction of sp³-hybridized carbons (Fsp3) is 0.750. The van der Waals surface area contributed by atoms with E-state index in [0.717, 1.165) is 5.88 Å². The Kier molecular flexibility index (Phi) is 9.01. The molecule has 1 heterocycles. The number of nitrogens with one attached hydrogen (secondary N) is 1. The highest BCUT2D eigenvalue weighted by atomic mass is 32.2. The van der Waals surface area contributed by atoms with E-state index in [1.54, 1.807) is 43.6 Å². The van der Waals surface area contributed by atoms with Crippen LogP contribution in [0.3, 0.4) is 0 Å². The Labute approximate surface area is 173 Å². The van der Waals surface area contributed by atoms with Crippen LogP contribution in [0.4, 0.5) is 0 Å². The Bertz CT molecular complexity index is 619. The van der Waals surface area contributed by atoms with E-state index in [9.17, 15) is 14.4 Å². The summed E-state index contributed by atoms with van der Waals surface area (Å²) in [6.07, 6.45) is 1.76. The molecule has 2 atom stereocenters. The van der Waals surface area contributed by atoms with Gasteiger partial charge in [0.25, 0.3) is 0 Å². The molecule has 0 spiro atoms. The van der Waals surface area contributed by atoms with Crippen LogP contribution in [0.25, 0.3) is 0 Å². The number of carbonyl (C=O) groups is 3. The van der Waals surface area contributed by atoms with Crippen LogP contribution in [-0.4, -0.2) is 77.5 Å². The zero-order chi connectivity index (χ0) is 21.6. The molecule has 0 aromatic heterocycles. The molecule has 7 nitrogen and oxygen atoms in total. The third-order valence-electron chi connectivity index (χ3n) is 4.94. The molecular formula is C20H35N3O4S. The van der Waals surface area contributed by atoms with Crippen LogP contribution in [-0.2, 0) is 19.1 Å². The van der Waals surface area contributed by atoms with Gasteiger partial charge in [-0.15, -0.1) is 11.8 Å². The molecule has 1 aliphatic rings. The third-order valence-corrected chi connectivity index (χ3v) is 6.45. The normalized spacial score (nSPS) is 20.8. The van der Waals surface area contributed by atoms with Crippen LogP contribution in [0.5, 0.6) is 0 Å². The van der Waals surface area contributed by atoms with Crippen LogP contribution < -0.4 is 5.32 Å². The number of carbonyl (C=O) groups excluding carboxylic acids is 3. The summed E-state index contributed by atoms with van der Waals surface area (Å²) < 4.78 is 4.82. The first-order valence-electron chi connectivity index (χ1n) is 9.65. The first-order valence-corrected chi connectivity index (χ1v) is 10.6. The van der Waals surface area contributed by atoms with Gasteiger partial charge in [0, 0.05) is 23.2 Å². The number of hydrogen-bond acceptors (Lipinski definition) is 6. The average Bonchev–Trinajstić information content (AvgIpc) is 2.89. The molecule has 2 amide bonds. The Balaban J connectivity index is 2.77. The average molecular weight is 414 g/mol. The maximum absolute atomic E-state index is 12.7. The van der Waals surface area contributed by atoms with Gasteiger partial charge in [-0.25, -0.2) is 4.79 Å². The Morgan fingerprint density at radius 2 is 1.96 bits per heavy atom. The molecule has 160 valence electrons. The Morgan fingerprint density at radius 1 is 1.36 bits per heavy atom. The van der Waals surface area contributed by atoms with Crippen molar-refractivity contribution in [3.8, 4) is 0 Å². The Hall–Kier alpha value is -1.54. The van der Waals surface area contributed by atoms with Crippen molar-refractivity contribution in [3.63, 3.8) is 0 Å². The van der Waals surface area contributed by atoms with E-state index in [1.165, 1.54) is 0 Å². The van der Waals surface area contributed by atoms with Crippen molar-refractivity contribution in [3.05, 3.63) is 11.6 Å². The summed E-state index contributed by atoms with van der Waals surface area (Å²) >= 11 is 1.73. The number of esters is 1. The molecule has 1 saturated heterocycles. The van der Waals surface area contributed by atoms with E-state index in [4.69, 9.17) is 4.74 Å². The molecule has 0 aromatic carbocycles. The van der Waals surface area contributed by atoms with Crippen molar-refractivity contribution < 1.29 is 19.1 Å². The van der Waals surface area contributed by atoms with Crippen molar-refractivity contribution >= 4 is 29.5 Å². The second-order valence-corrected chi connectivity index (χ2v) is 9.66. The molecule has 0 bridgehead atoms. The number of hydrogen-bond donors (Lipinski definition) is 1. The second kappa shape index (κ2) is 10.3. The molecule has 8 heteroatoms. The largest absolute Gasteiger partial charge is 0.463 e. The number of amides is 2. The summed E-state index contributed by atoms with van der Waals surface area (Å²) in [6.45, 7) is 11.7. The van der Waals surface area contributed by atoms with Crippen LogP contribution >= 0.6 is 11.8 Å². The lowest BCUT2D eigenvalue weighted by atomic mass is 10.00. The van der Waals surface area contributed by atoms with Crippen molar-refractivity contribution in [1.82, 2.24) is 15.1 Å². The van der Waals surface area contributed by atoms with E-state index in [1.807, 2.05) is 39.6 Å². The third kappa shape index (κ3) is 6.24. The van der Waals surface area contributed by atoms with E-state index in [0.29, 0.717) is 12.2 Å². The molecule has 1 aliphatic heterocycles. The van der Waals surface area contributed by atoms with Gasteiger partial charge in [-0.3, -0.25) is 14.5 Å². The first-order chi connectivity index (χ1) is 12.9. The number of likely N-dealkylation sites (N-methyl/N-ethyl adjacent to an activating group) is 2. The van der Waals surface area contributed by atoms with Crippen LogP contribution in [0.15, 0.2) is 11.6 Å². The Morgan fingerprint density at radius 3 is 2.43 bits per heavy atom. The summed E-state index contributed by atoms with van der Waals surface area (Å²) in [5.41, 5.74) is 0.468. The number of nitrogens with zero attached hydrogens (tertiary/aromatic N) is 2. The lowest BCUT2D eigenvalue weighted by molar-refractivity contribution is -0.138. The van der Waals surface area contributed by atoms with Gasteiger partial charge in [-0.05, 0) is 40.7 Å². The maximum Gasteiger partial charge on any atom is 0.333 e. The molecular weight excluding hydrogens is 378 g/mol. The standard InChI is InChI=1S/C20H35N3O4S/c1-9-27-19(26)14(4)10-15(13(2)3)23(8)16(24)11-21-18(25)17-20(5,6)28-12-22(17)7/h10,13,15,17H,9,11-12H2,1-8H3,(H,21,25)/b14-10+/t15-,17?/m1/s1. The first kappa shape index (κ1) is 24.5. The summed E-state index contributed by atoms with van der Waals surface area (Å²) in [7, 11) is 3.60. The van der Waals surface area contributed by atoms with Gasteiger partial charge in [0.05, 0.1) is 19.2 Å². The van der Waals surface area contributed by atoms with Crippen molar-refractivity contribution in [1.29, 1.82) is 0 Å². The summed E-state index contributed by atoms with van der Waals surface area (Å²) in [5, 5.41) is 2.78. The molecule has 0 radical (unpaired) electrons. The fourth-order valence-electron chi connectivity index (χ4n) is 3.34.